The molecule has 1 saturated heterocycles. The molecule has 0 bridgehead atoms. The molecule has 1 rings (SSSR count). The molecule has 60 valence electrons. The van der Waals surface area contributed by atoms with Crippen molar-refractivity contribution in [1.82, 2.24) is 4.90 Å². The summed E-state index contributed by atoms with van der Waals surface area (Å²) in [6, 6.07) is 0. The molecule has 1 N–H and O–H groups in total. The lowest BCUT2D eigenvalue weighted by molar-refractivity contribution is -0.116. The lowest BCUT2D eigenvalue weighted by atomic mass is 9.83. The van der Waals surface area contributed by atoms with E-state index in [0.29, 0.717) is 0 Å². The highest BCUT2D eigenvalue weighted by molar-refractivity contribution is 4.94. The van der Waals surface area contributed by atoms with Crippen molar-refractivity contribution >= 4 is 0 Å². The van der Waals surface area contributed by atoms with Gasteiger partial charge < -0.3 is 5.11 Å². The van der Waals surface area contributed by atoms with E-state index in [1.807, 2.05) is 18.9 Å². The van der Waals surface area contributed by atoms with Crippen LogP contribution in [0.1, 0.15) is 27.2 Å². The molecule has 0 aromatic carbocycles. The summed E-state index contributed by atoms with van der Waals surface area (Å²) in [5.74, 6) is 0. The van der Waals surface area contributed by atoms with Gasteiger partial charge in [0, 0.05) is 12.0 Å². The summed E-state index contributed by atoms with van der Waals surface area (Å²) in [5, 5.41) is 9.92. The normalized spacial score (nSPS) is 40.5. The average molecular weight is 143 g/mol. The highest BCUT2D eigenvalue weighted by Crippen LogP contribution is 2.41. The Bertz CT molecular complexity index is 140. The Morgan fingerprint density at radius 3 is 1.90 bits per heavy atom. The highest BCUT2D eigenvalue weighted by Gasteiger charge is 2.47. The Hall–Kier alpha value is -0.0800. The summed E-state index contributed by atoms with van der Waals surface area (Å²) < 4.78 is 0. The Labute approximate surface area is 62.8 Å². The van der Waals surface area contributed by atoms with Crippen molar-refractivity contribution in [2.45, 2.75) is 32.9 Å². The molecule has 0 aromatic heterocycles. The first-order valence-corrected chi connectivity index (χ1v) is 3.81. The monoisotopic (exact) mass is 143 g/mol. The van der Waals surface area contributed by atoms with Crippen molar-refractivity contribution in [3.63, 3.8) is 0 Å². The Morgan fingerprint density at radius 2 is 1.80 bits per heavy atom. The van der Waals surface area contributed by atoms with Crippen molar-refractivity contribution in [2.24, 2.45) is 5.41 Å². The second-order valence-corrected chi connectivity index (χ2v) is 4.08. The fraction of sp³-hybridized carbons (Fsp3) is 1.00. The molecule has 10 heavy (non-hydrogen) atoms. The highest BCUT2D eigenvalue weighted by atomic mass is 16.3. The average Bonchev–Trinajstić information content (AvgIpc) is 1.94. The molecule has 2 heteroatoms. The van der Waals surface area contributed by atoms with Gasteiger partial charge >= 0.3 is 0 Å². The Morgan fingerprint density at radius 1 is 1.30 bits per heavy atom. The fourth-order valence-corrected chi connectivity index (χ4v) is 1.42. The van der Waals surface area contributed by atoms with E-state index in [1.54, 1.807) is 0 Å². The van der Waals surface area contributed by atoms with E-state index in [9.17, 15) is 5.11 Å². The molecule has 0 saturated carbocycles. The van der Waals surface area contributed by atoms with Crippen LogP contribution >= 0.6 is 0 Å². The van der Waals surface area contributed by atoms with Gasteiger partial charge in [-0.2, -0.15) is 0 Å². The number of hydrogen-bond donors (Lipinski definition) is 1. The van der Waals surface area contributed by atoms with Crippen molar-refractivity contribution in [1.29, 1.82) is 0 Å². The number of aliphatic hydroxyl groups is 1. The van der Waals surface area contributed by atoms with E-state index < -0.39 is 5.72 Å². The second-order valence-electron chi connectivity index (χ2n) is 4.08. The van der Waals surface area contributed by atoms with E-state index in [1.165, 1.54) is 0 Å². The maximum absolute atomic E-state index is 9.92. The second kappa shape index (κ2) is 1.95. The van der Waals surface area contributed by atoms with Crippen LogP contribution in [-0.4, -0.2) is 29.3 Å². The topological polar surface area (TPSA) is 23.5 Å². The molecular weight excluding hydrogens is 126 g/mol. The summed E-state index contributed by atoms with van der Waals surface area (Å²) in [4.78, 5) is 2.01. The molecule has 2 nitrogen and oxygen atoms in total. The standard InChI is InChI=1S/C8H17NO/c1-7(2)5-6-9(4)8(7,3)10/h10H,5-6H2,1-4H3. The van der Waals surface area contributed by atoms with Gasteiger partial charge in [0.2, 0.25) is 0 Å². The smallest absolute Gasteiger partial charge is 0.120 e. The molecule has 1 aliphatic heterocycles. The number of nitrogens with zero attached hydrogens (tertiary/aromatic N) is 1. The molecule has 0 amide bonds. The molecule has 1 heterocycles. The zero-order valence-corrected chi connectivity index (χ0v) is 7.31. The van der Waals surface area contributed by atoms with Crippen molar-refractivity contribution in [3.05, 3.63) is 0 Å². The van der Waals surface area contributed by atoms with Gasteiger partial charge in [-0.15, -0.1) is 0 Å². The van der Waals surface area contributed by atoms with Gasteiger partial charge in [-0.3, -0.25) is 4.90 Å². The SMILES string of the molecule is CN1CCC(C)(C)C1(C)O. The molecule has 1 fully saturated rings. The van der Waals surface area contributed by atoms with Crippen LogP contribution < -0.4 is 0 Å². The van der Waals surface area contributed by atoms with E-state index >= 15 is 0 Å². The van der Waals surface area contributed by atoms with Gasteiger partial charge in [0.15, 0.2) is 0 Å². The third-order valence-electron chi connectivity index (χ3n) is 3.10. The molecule has 1 unspecified atom stereocenters. The minimum absolute atomic E-state index is 0.0434. The predicted octanol–water partition coefficient (Wildman–Crippen LogP) is 1.06. The number of likely N-dealkylation sites (tertiary alicyclic amines) is 1. The quantitative estimate of drug-likeness (QED) is 0.548. The molecule has 0 radical (unpaired) electrons. The molecule has 0 aromatic rings. The Balaban J connectivity index is 2.84. The molecule has 0 aliphatic carbocycles. The summed E-state index contributed by atoms with van der Waals surface area (Å²) in [6.07, 6.45) is 1.08. The van der Waals surface area contributed by atoms with Crippen LogP contribution in [0.15, 0.2) is 0 Å². The summed E-state index contributed by atoms with van der Waals surface area (Å²) in [6.45, 7) is 7.10. The fourth-order valence-electron chi connectivity index (χ4n) is 1.42. The molecule has 1 atom stereocenters. The number of hydrogen-bond acceptors (Lipinski definition) is 2. The van der Waals surface area contributed by atoms with Crippen LogP contribution in [-0.2, 0) is 0 Å². The van der Waals surface area contributed by atoms with Crippen LogP contribution in [0.2, 0.25) is 0 Å². The van der Waals surface area contributed by atoms with Crippen LogP contribution in [0.4, 0.5) is 0 Å². The summed E-state index contributed by atoms with van der Waals surface area (Å²) in [5.41, 5.74) is -0.575. The minimum atomic E-state index is -0.618. The summed E-state index contributed by atoms with van der Waals surface area (Å²) >= 11 is 0. The van der Waals surface area contributed by atoms with E-state index in [-0.39, 0.29) is 5.41 Å². The zero-order chi connectivity index (χ0) is 7.99. The lowest BCUT2D eigenvalue weighted by Crippen LogP contribution is -2.47. The molecule has 1 aliphatic rings. The first-order chi connectivity index (χ1) is 4.38. The molecular formula is C8H17NO. The first kappa shape index (κ1) is 8.02. The first-order valence-electron chi connectivity index (χ1n) is 3.81. The third kappa shape index (κ3) is 0.867. The van der Waals surface area contributed by atoms with E-state index in [2.05, 4.69) is 13.8 Å². The van der Waals surface area contributed by atoms with Gasteiger partial charge in [-0.05, 0) is 20.4 Å². The maximum Gasteiger partial charge on any atom is 0.120 e. The van der Waals surface area contributed by atoms with Crippen molar-refractivity contribution in [3.8, 4) is 0 Å². The summed E-state index contributed by atoms with van der Waals surface area (Å²) in [7, 11) is 1.97. The predicted molar refractivity (Wildman–Crippen MR) is 41.7 cm³/mol. The van der Waals surface area contributed by atoms with Gasteiger partial charge in [-0.1, -0.05) is 13.8 Å². The van der Waals surface area contributed by atoms with Gasteiger partial charge in [0.25, 0.3) is 0 Å². The minimum Gasteiger partial charge on any atom is -0.375 e. The number of rotatable bonds is 0. The largest absolute Gasteiger partial charge is 0.375 e. The third-order valence-corrected chi connectivity index (χ3v) is 3.10. The van der Waals surface area contributed by atoms with Crippen LogP contribution in [0.5, 0.6) is 0 Å². The van der Waals surface area contributed by atoms with Gasteiger partial charge in [0.1, 0.15) is 5.72 Å². The van der Waals surface area contributed by atoms with Crippen LogP contribution in [0, 0.1) is 5.41 Å². The van der Waals surface area contributed by atoms with Crippen molar-refractivity contribution < 1.29 is 5.11 Å². The van der Waals surface area contributed by atoms with Crippen LogP contribution in [0.3, 0.4) is 0 Å². The van der Waals surface area contributed by atoms with E-state index in [0.717, 1.165) is 13.0 Å². The Kier molecular flexibility index (Phi) is 1.57. The zero-order valence-electron chi connectivity index (χ0n) is 7.31. The van der Waals surface area contributed by atoms with Gasteiger partial charge in [-0.25, -0.2) is 0 Å². The molecule has 0 spiro atoms. The lowest BCUT2D eigenvalue weighted by Gasteiger charge is -2.37. The van der Waals surface area contributed by atoms with Crippen molar-refractivity contribution in [2.75, 3.05) is 13.6 Å². The van der Waals surface area contributed by atoms with E-state index in [4.69, 9.17) is 0 Å². The maximum atomic E-state index is 9.92. The van der Waals surface area contributed by atoms with Gasteiger partial charge in [0.05, 0.1) is 0 Å². The van der Waals surface area contributed by atoms with Crippen LogP contribution in [0.25, 0.3) is 0 Å².